The van der Waals surface area contributed by atoms with Crippen molar-refractivity contribution in [1.29, 1.82) is 0 Å². The average molecular weight is 350 g/mol. The Labute approximate surface area is 146 Å². The number of halogens is 2. The summed E-state index contributed by atoms with van der Waals surface area (Å²) < 4.78 is 26.6. The second kappa shape index (κ2) is 8.71. The minimum Gasteiger partial charge on any atom is -0.338 e. The fourth-order valence-electron chi connectivity index (χ4n) is 2.78. The molecule has 2 rings (SSSR count). The quantitative estimate of drug-likeness (QED) is 0.796. The molecular formula is C18H24F2N4O. The molecule has 0 spiro atoms. The Morgan fingerprint density at radius 3 is 2.52 bits per heavy atom. The fourth-order valence-corrected chi connectivity index (χ4v) is 2.78. The number of hydrogen-bond acceptors (Lipinski definition) is 3. The SMILES string of the molecule is Cc1nn(C(F)F)c(C)c1CC(=O)N(CCCN)Cc1ccccc1. The molecule has 1 amide bonds. The summed E-state index contributed by atoms with van der Waals surface area (Å²) in [7, 11) is 0. The molecule has 0 aliphatic rings. The van der Waals surface area contributed by atoms with Crippen LogP contribution in [0.15, 0.2) is 30.3 Å². The highest BCUT2D eigenvalue weighted by atomic mass is 19.3. The molecule has 0 saturated heterocycles. The molecule has 5 nitrogen and oxygen atoms in total. The monoisotopic (exact) mass is 350 g/mol. The summed E-state index contributed by atoms with van der Waals surface area (Å²) in [6.45, 7) is 2.00. The third kappa shape index (κ3) is 4.85. The molecule has 0 atom stereocenters. The maximum Gasteiger partial charge on any atom is 0.333 e. The van der Waals surface area contributed by atoms with Gasteiger partial charge in [0.1, 0.15) is 0 Å². The van der Waals surface area contributed by atoms with Crippen molar-refractivity contribution in [3.8, 4) is 0 Å². The highest BCUT2D eigenvalue weighted by Gasteiger charge is 2.22. The lowest BCUT2D eigenvalue weighted by molar-refractivity contribution is -0.131. The van der Waals surface area contributed by atoms with E-state index >= 15 is 0 Å². The average Bonchev–Trinajstić information content (AvgIpc) is 2.87. The van der Waals surface area contributed by atoms with Crippen LogP contribution >= 0.6 is 0 Å². The van der Waals surface area contributed by atoms with Gasteiger partial charge in [0, 0.05) is 24.3 Å². The van der Waals surface area contributed by atoms with E-state index in [4.69, 9.17) is 5.73 Å². The summed E-state index contributed by atoms with van der Waals surface area (Å²) >= 11 is 0. The van der Waals surface area contributed by atoms with E-state index in [0.29, 0.717) is 47.7 Å². The molecule has 0 unspecified atom stereocenters. The van der Waals surface area contributed by atoms with Crippen molar-refractivity contribution >= 4 is 5.91 Å². The van der Waals surface area contributed by atoms with Crippen LogP contribution in [-0.4, -0.2) is 33.7 Å². The fraction of sp³-hybridized carbons (Fsp3) is 0.444. The molecule has 136 valence electrons. The second-order valence-corrected chi connectivity index (χ2v) is 5.99. The van der Waals surface area contributed by atoms with E-state index < -0.39 is 6.55 Å². The van der Waals surface area contributed by atoms with Gasteiger partial charge in [-0.1, -0.05) is 30.3 Å². The van der Waals surface area contributed by atoms with Gasteiger partial charge in [0.15, 0.2) is 0 Å². The van der Waals surface area contributed by atoms with Gasteiger partial charge < -0.3 is 10.6 Å². The van der Waals surface area contributed by atoms with Crippen LogP contribution in [0.1, 0.15) is 35.5 Å². The van der Waals surface area contributed by atoms with Gasteiger partial charge in [-0.2, -0.15) is 13.9 Å². The zero-order valence-electron chi connectivity index (χ0n) is 14.6. The normalized spacial score (nSPS) is 11.1. The molecule has 0 radical (unpaired) electrons. The molecule has 2 aromatic rings. The van der Waals surface area contributed by atoms with Crippen molar-refractivity contribution in [3.05, 3.63) is 52.8 Å². The van der Waals surface area contributed by atoms with Gasteiger partial charge in [0.05, 0.1) is 12.1 Å². The van der Waals surface area contributed by atoms with Crippen LogP contribution in [0.2, 0.25) is 0 Å². The van der Waals surface area contributed by atoms with Crippen LogP contribution in [0.3, 0.4) is 0 Å². The molecule has 2 N–H and O–H groups in total. The molecular weight excluding hydrogens is 326 g/mol. The number of aromatic nitrogens is 2. The number of alkyl halides is 2. The molecule has 0 saturated carbocycles. The predicted molar refractivity (Wildman–Crippen MR) is 92.2 cm³/mol. The first kappa shape index (κ1) is 19.1. The van der Waals surface area contributed by atoms with Gasteiger partial charge in [-0.25, -0.2) is 4.68 Å². The molecule has 25 heavy (non-hydrogen) atoms. The van der Waals surface area contributed by atoms with Gasteiger partial charge in [0.2, 0.25) is 5.91 Å². The summed E-state index contributed by atoms with van der Waals surface area (Å²) in [5.74, 6) is -0.114. The lowest BCUT2D eigenvalue weighted by Crippen LogP contribution is -2.34. The van der Waals surface area contributed by atoms with Gasteiger partial charge in [-0.15, -0.1) is 0 Å². The largest absolute Gasteiger partial charge is 0.338 e. The minimum absolute atomic E-state index is 0.0573. The lowest BCUT2D eigenvalue weighted by atomic mass is 10.1. The number of rotatable bonds is 8. The molecule has 1 heterocycles. The molecule has 0 fully saturated rings. The lowest BCUT2D eigenvalue weighted by Gasteiger charge is -2.23. The van der Waals surface area contributed by atoms with Crippen LogP contribution in [0.4, 0.5) is 8.78 Å². The molecule has 0 aliphatic carbocycles. The summed E-state index contributed by atoms with van der Waals surface area (Å²) in [6.07, 6.45) is 0.745. The standard InChI is InChI=1S/C18H24F2N4O/c1-13-16(14(2)24(22-13)18(19)20)11-17(25)23(10-6-9-21)12-15-7-4-3-5-8-15/h3-5,7-8,18H,6,9-12,21H2,1-2H3. The van der Waals surface area contributed by atoms with Crippen molar-refractivity contribution in [2.24, 2.45) is 5.73 Å². The smallest absolute Gasteiger partial charge is 0.333 e. The van der Waals surface area contributed by atoms with Gasteiger partial charge in [0.25, 0.3) is 0 Å². The van der Waals surface area contributed by atoms with Crippen molar-refractivity contribution in [3.63, 3.8) is 0 Å². The van der Waals surface area contributed by atoms with E-state index in [1.807, 2.05) is 30.3 Å². The third-order valence-corrected chi connectivity index (χ3v) is 4.19. The number of amides is 1. The van der Waals surface area contributed by atoms with Crippen LogP contribution in [0.5, 0.6) is 0 Å². The highest BCUT2D eigenvalue weighted by molar-refractivity contribution is 5.79. The first-order valence-electron chi connectivity index (χ1n) is 8.28. The predicted octanol–water partition coefficient (Wildman–Crippen LogP) is 2.82. The summed E-state index contributed by atoms with van der Waals surface area (Å²) in [4.78, 5) is 14.5. The topological polar surface area (TPSA) is 64.2 Å². The van der Waals surface area contributed by atoms with Crippen molar-refractivity contribution in [2.45, 2.75) is 39.8 Å². The van der Waals surface area contributed by atoms with Gasteiger partial charge in [-0.3, -0.25) is 4.79 Å². The van der Waals surface area contributed by atoms with Crippen molar-refractivity contribution in [2.75, 3.05) is 13.1 Å². The molecule has 1 aromatic heterocycles. The van der Waals surface area contributed by atoms with Crippen LogP contribution < -0.4 is 5.73 Å². The van der Waals surface area contributed by atoms with E-state index in [-0.39, 0.29) is 12.3 Å². The molecule has 0 aliphatic heterocycles. The number of carbonyl (C=O) groups is 1. The Morgan fingerprint density at radius 1 is 1.28 bits per heavy atom. The molecule has 7 heteroatoms. The van der Waals surface area contributed by atoms with Gasteiger partial charge in [-0.05, 0) is 32.4 Å². The Morgan fingerprint density at radius 2 is 1.96 bits per heavy atom. The Bertz CT molecular complexity index is 701. The van der Waals surface area contributed by atoms with E-state index in [9.17, 15) is 13.6 Å². The first-order chi connectivity index (χ1) is 11.9. The van der Waals surface area contributed by atoms with Crippen LogP contribution in [0, 0.1) is 13.8 Å². The Kier molecular flexibility index (Phi) is 6.64. The Hall–Kier alpha value is -2.28. The van der Waals surface area contributed by atoms with Crippen molar-refractivity contribution < 1.29 is 13.6 Å². The second-order valence-electron chi connectivity index (χ2n) is 5.99. The number of nitrogens with zero attached hydrogens (tertiary/aromatic N) is 3. The van der Waals surface area contributed by atoms with E-state index in [2.05, 4.69) is 5.10 Å². The number of hydrogen-bond donors (Lipinski definition) is 1. The summed E-state index contributed by atoms with van der Waals surface area (Å²) in [5, 5.41) is 3.84. The Balaban J connectivity index is 2.16. The first-order valence-corrected chi connectivity index (χ1v) is 8.28. The number of carbonyl (C=O) groups excluding carboxylic acids is 1. The van der Waals surface area contributed by atoms with E-state index in [0.717, 1.165) is 5.56 Å². The van der Waals surface area contributed by atoms with Crippen molar-refractivity contribution in [1.82, 2.24) is 14.7 Å². The zero-order chi connectivity index (χ0) is 18.4. The van der Waals surface area contributed by atoms with E-state index in [1.165, 1.54) is 0 Å². The zero-order valence-corrected chi connectivity index (χ0v) is 14.6. The van der Waals surface area contributed by atoms with Crippen LogP contribution in [-0.2, 0) is 17.8 Å². The molecule has 0 bridgehead atoms. The number of nitrogens with two attached hydrogens (primary N) is 1. The minimum atomic E-state index is -2.71. The maximum absolute atomic E-state index is 13.0. The summed E-state index contributed by atoms with van der Waals surface area (Å²) in [6, 6.07) is 9.66. The van der Waals surface area contributed by atoms with E-state index in [1.54, 1.807) is 18.7 Å². The van der Waals surface area contributed by atoms with Gasteiger partial charge >= 0.3 is 6.55 Å². The third-order valence-electron chi connectivity index (χ3n) is 4.19. The number of benzene rings is 1. The molecule has 1 aromatic carbocycles. The summed E-state index contributed by atoms with van der Waals surface area (Å²) in [5.41, 5.74) is 7.95. The number of aryl methyl sites for hydroxylation is 1. The highest BCUT2D eigenvalue weighted by Crippen LogP contribution is 2.20. The maximum atomic E-state index is 13.0. The van der Waals surface area contributed by atoms with Crippen LogP contribution in [0.25, 0.3) is 0 Å².